The third kappa shape index (κ3) is 17.5. The molecule has 12 aromatic carbocycles. The monoisotopic (exact) mass is 1420 g/mol. The van der Waals surface area contributed by atoms with Crippen molar-refractivity contribution in [2.24, 2.45) is 0 Å². The van der Waals surface area contributed by atoms with Crippen molar-refractivity contribution in [2.45, 2.75) is 90.6 Å². The van der Waals surface area contributed by atoms with E-state index in [4.69, 9.17) is 16.0 Å². The van der Waals surface area contributed by atoms with E-state index in [-0.39, 0.29) is 0 Å². The summed E-state index contributed by atoms with van der Waals surface area (Å²) in [7, 11) is -9.49. The average molecular weight is 1420 g/mol. The number of hydrogen-bond donors (Lipinski definition) is 0. The van der Waals surface area contributed by atoms with E-state index in [1.807, 2.05) is 0 Å². The van der Waals surface area contributed by atoms with Crippen LogP contribution in [-0.4, -0.2) is 44.3 Å². The molecule has 0 aliphatic rings. The van der Waals surface area contributed by atoms with Gasteiger partial charge in [-0.05, 0) is 266 Å². The van der Waals surface area contributed by atoms with Crippen molar-refractivity contribution in [3.05, 3.63) is 315 Å². The fraction of sp³-hybridized carbons (Fsp3) is 0.163. The molecule has 0 atom stereocenters. The zero-order chi connectivity index (χ0) is 70.0. The SMILES string of the molecule is CC(C)SO[Si](C)(OSC(C)C)c1cccc(N(c2ccccc2)c2ccc(-c3ccc(N(c4ccccc4)c4ccc(-c5ccc(N(c6ccccc6)c6ccc(-c7ccc(N(c8ccccc8)c8cccc([Si](C)(O[Si](C)(C)C)O[Si](C)(C)C)c8)cc7)cc6)cc5)cc4)cc3)cc2)c1. The maximum Gasteiger partial charge on any atom is 0.392 e. The van der Waals surface area contributed by atoms with E-state index in [1.165, 1.54) is 24.1 Å². The van der Waals surface area contributed by atoms with Crippen LogP contribution in [0.25, 0.3) is 33.4 Å². The van der Waals surface area contributed by atoms with Crippen molar-refractivity contribution in [3.8, 4) is 33.4 Å². The molecule has 0 amide bonds. The van der Waals surface area contributed by atoms with Gasteiger partial charge in [-0.25, -0.2) is 0 Å². The van der Waals surface area contributed by atoms with Gasteiger partial charge in [-0.3, -0.25) is 0 Å². The van der Waals surface area contributed by atoms with Crippen molar-refractivity contribution >= 4 is 136 Å². The minimum absolute atomic E-state index is 0.305. The van der Waals surface area contributed by atoms with Gasteiger partial charge in [0.05, 0.1) is 0 Å². The van der Waals surface area contributed by atoms with Crippen LogP contribution in [0.5, 0.6) is 0 Å². The number of benzene rings is 12. The summed E-state index contributed by atoms with van der Waals surface area (Å²) in [5.41, 5.74) is 19.6. The molecule has 8 nitrogen and oxygen atoms in total. The summed E-state index contributed by atoms with van der Waals surface area (Å²) in [6, 6.07) is 113. The van der Waals surface area contributed by atoms with Crippen LogP contribution in [-0.2, 0) is 16.0 Å². The van der Waals surface area contributed by atoms with Crippen LogP contribution in [0.4, 0.5) is 68.2 Å². The highest BCUT2D eigenvalue weighted by Gasteiger charge is 2.43. The maximum atomic E-state index is 7.03. The predicted molar refractivity (Wildman–Crippen MR) is 440 cm³/mol. The van der Waals surface area contributed by atoms with E-state index < -0.39 is 33.8 Å². The molecule has 0 saturated carbocycles. The highest BCUT2D eigenvalue weighted by Crippen LogP contribution is 2.43. The topological polar surface area (TPSA) is 49.9 Å². The number of anilines is 12. The Kier molecular flexibility index (Phi) is 22.3. The zero-order valence-electron chi connectivity index (χ0n) is 59.4. The Morgan fingerprint density at radius 2 is 0.430 bits per heavy atom. The molecular formula is C86H90N4O4S2Si4. The van der Waals surface area contributed by atoms with Crippen molar-refractivity contribution < 1.29 is 16.0 Å². The Bertz CT molecular complexity index is 4560. The molecule has 12 rings (SSSR count). The first kappa shape index (κ1) is 71.1. The van der Waals surface area contributed by atoms with Crippen LogP contribution in [0.3, 0.4) is 0 Å². The molecule has 12 aromatic rings. The van der Waals surface area contributed by atoms with E-state index in [0.717, 1.165) is 112 Å². The third-order valence-corrected chi connectivity index (χ3v) is 31.7. The molecule has 0 radical (unpaired) electrons. The summed E-state index contributed by atoms with van der Waals surface area (Å²) in [4.78, 5) is 9.29. The van der Waals surface area contributed by atoms with E-state index in [2.05, 4.69) is 415 Å². The van der Waals surface area contributed by atoms with Crippen LogP contribution in [0.15, 0.2) is 315 Å². The van der Waals surface area contributed by atoms with Crippen molar-refractivity contribution in [1.82, 2.24) is 0 Å². The van der Waals surface area contributed by atoms with Gasteiger partial charge in [0, 0.05) is 78.7 Å². The van der Waals surface area contributed by atoms with Gasteiger partial charge in [-0.2, -0.15) is 0 Å². The molecule has 0 saturated heterocycles. The van der Waals surface area contributed by atoms with Crippen molar-refractivity contribution in [1.29, 1.82) is 0 Å². The molecule has 0 unspecified atom stereocenters. The minimum atomic E-state index is -2.82. The van der Waals surface area contributed by atoms with Crippen LogP contribution < -0.4 is 30.0 Å². The standard InChI is InChI=1S/C86H90N4O4S2Si4/c1-65(2)95-91-99(11,92-96-66(3)4)85-37-25-35-83(63-85)89(75-31-21-15-22-32-75)81-59-47-71(48-60-81)69-43-55-79(56-44-69)87(73-27-17-13-18-28-73)77-51-39-67(40-52-77)68-41-53-78(54-42-68)88(74-29-19-14-20-30-74)80-57-45-70(46-58-80)72-49-61-82(62-50-72)90(76-33-23-16-24-34-76)84-36-26-38-86(64-84)100(12,93-97(5,6)7)94-98(8,9)10/h13-66H,1-12H3. The van der Waals surface area contributed by atoms with Crippen LogP contribution in [0.1, 0.15) is 27.7 Å². The summed E-state index contributed by atoms with van der Waals surface area (Å²) >= 11 is 2.99. The van der Waals surface area contributed by atoms with Crippen LogP contribution in [0, 0.1) is 0 Å². The Morgan fingerprint density at radius 1 is 0.230 bits per heavy atom. The summed E-state index contributed by atoms with van der Waals surface area (Å²) in [5.74, 6) is 0. The normalized spacial score (nSPS) is 12.0. The lowest BCUT2D eigenvalue weighted by Gasteiger charge is -2.39. The highest BCUT2D eigenvalue weighted by molar-refractivity contribution is 7.97. The summed E-state index contributed by atoms with van der Waals surface area (Å²) in [5, 5.41) is 2.84. The lowest BCUT2D eigenvalue weighted by Crippen LogP contribution is -2.60. The molecular weight excluding hydrogens is 1330 g/mol. The first-order valence-electron chi connectivity index (χ1n) is 34.5. The summed E-state index contributed by atoms with van der Waals surface area (Å²) < 4.78 is 27.2. The molecule has 0 bridgehead atoms. The largest absolute Gasteiger partial charge is 0.433 e. The predicted octanol–water partition coefficient (Wildman–Crippen LogP) is 25.0. The number of nitrogens with zero attached hydrogens (tertiary/aromatic N) is 4. The van der Waals surface area contributed by atoms with Crippen molar-refractivity contribution in [3.63, 3.8) is 0 Å². The molecule has 0 spiro atoms. The second-order valence-electron chi connectivity index (χ2n) is 27.8. The second-order valence-corrected chi connectivity index (χ2v) is 46.5. The van der Waals surface area contributed by atoms with Crippen molar-refractivity contribution in [2.75, 3.05) is 19.6 Å². The molecule has 100 heavy (non-hydrogen) atoms. The van der Waals surface area contributed by atoms with Gasteiger partial charge in [-0.15, -0.1) is 0 Å². The average Bonchev–Trinajstić information content (AvgIpc) is 0.782. The highest BCUT2D eigenvalue weighted by atomic mass is 32.2. The smallest absolute Gasteiger partial charge is 0.392 e. The Hall–Kier alpha value is -8.75. The fourth-order valence-corrected chi connectivity index (χ4v) is 29.2. The fourth-order valence-electron chi connectivity index (χ4n) is 12.6. The van der Waals surface area contributed by atoms with E-state index >= 15 is 0 Å². The molecule has 14 heteroatoms. The first-order chi connectivity index (χ1) is 48.2. The molecule has 0 fully saturated rings. The molecule has 0 N–H and O–H groups in total. The van der Waals surface area contributed by atoms with Gasteiger partial charge in [0.15, 0.2) is 16.6 Å². The lowest BCUT2D eigenvalue weighted by molar-refractivity contribution is 0.404. The Morgan fingerprint density at radius 3 is 0.650 bits per heavy atom. The van der Waals surface area contributed by atoms with Gasteiger partial charge in [0.2, 0.25) is 0 Å². The van der Waals surface area contributed by atoms with Gasteiger partial charge >= 0.3 is 17.1 Å². The van der Waals surface area contributed by atoms with Gasteiger partial charge in [0.25, 0.3) is 0 Å². The quantitative estimate of drug-likeness (QED) is 0.0368. The Balaban J connectivity index is 0.764. The molecule has 0 aliphatic heterocycles. The summed E-state index contributed by atoms with van der Waals surface area (Å²) in [6.07, 6.45) is 0. The molecule has 0 heterocycles. The van der Waals surface area contributed by atoms with Gasteiger partial charge < -0.3 is 35.6 Å². The minimum Gasteiger partial charge on any atom is -0.433 e. The van der Waals surface area contributed by atoms with E-state index in [0.29, 0.717) is 10.5 Å². The maximum absolute atomic E-state index is 7.03. The molecule has 0 aromatic heterocycles. The van der Waals surface area contributed by atoms with E-state index in [1.54, 1.807) is 0 Å². The lowest BCUT2D eigenvalue weighted by atomic mass is 10.0. The van der Waals surface area contributed by atoms with Crippen LogP contribution in [0.2, 0.25) is 52.4 Å². The zero-order valence-corrected chi connectivity index (χ0v) is 65.0. The molecule has 0 aliphatic carbocycles. The van der Waals surface area contributed by atoms with E-state index in [9.17, 15) is 0 Å². The Labute approximate surface area is 607 Å². The number of hydrogen-bond acceptors (Lipinski definition) is 10. The van der Waals surface area contributed by atoms with Crippen LogP contribution >= 0.6 is 24.1 Å². The molecule has 506 valence electrons. The number of rotatable bonds is 27. The number of para-hydroxylation sites is 4. The summed E-state index contributed by atoms with van der Waals surface area (Å²) in [6.45, 7) is 26.5. The first-order valence-corrected chi connectivity index (χ1v) is 47.5. The van der Waals surface area contributed by atoms with Gasteiger partial charge in [0.1, 0.15) is 0 Å². The third-order valence-electron chi connectivity index (χ3n) is 16.9. The van der Waals surface area contributed by atoms with Gasteiger partial charge in [-0.1, -0.05) is 198 Å². The second kappa shape index (κ2) is 31.4.